The lowest BCUT2D eigenvalue weighted by atomic mass is 9.98. The van der Waals surface area contributed by atoms with Crippen LogP contribution in [-0.2, 0) is 0 Å². The van der Waals surface area contributed by atoms with Crippen molar-refractivity contribution >= 4 is 11.6 Å². The predicted molar refractivity (Wildman–Crippen MR) is 75.4 cm³/mol. The number of hydrogen-bond acceptors (Lipinski definition) is 3. The average Bonchev–Trinajstić information content (AvgIpc) is 2.28. The summed E-state index contributed by atoms with van der Waals surface area (Å²) in [6.45, 7) is 8.11. The second kappa shape index (κ2) is 5.87. The largest absolute Gasteiger partial charge is 0.347 e. The van der Waals surface area contributed by atoms with Crippen LogP contribution in [0.3, 0.4) is 0 Å². The van der Waals surface area contributed by atoms with Crippen LogP contribution in [0.15, 0.2) is 18.2 Å². The monoisotopic (exact) mass is 249 g/mol. The van der Waals surface area contributed by atoms with Crippen LogP contribution in [-0.4, -0.2) is 11.4 Å². The minimum atomic E-state index is -0.207. The van der Waals surface area contributed by atoms with E-state index in [1.165, 1.54) is 0 Å². The maximum atomic E-state index is 12.3. The quantitative estimate of drug-likeness (QED) is 0.555. The minimum Gasteiger partial charge on any atom is -0.347 e. The Kier molecular flexibility index (Phi) is 4.73. The highest BCUT2D eigenvalue weighted by Gasteiger charge is 2.21. The number of carbonyl (C=O) groups excluding carboxylic acids is 1. The first-order chi connectivity index (χ1) is 8.39. The number of rotatable bonds is 5. The lowest BCUT2D eigenvalue weighted by molar-refractivity contribution is 0.0909. The van der Waals surface area contributed by atoms with Gasteiger partial charge in [-0.3, -0.25) is 10.6 Å². The summed E-state index contributed by atoms with van der Waals surface area (Å²) in [4.78, 5) is 12.3. The van der Waals surface area contributed by atoms with Crippen molar-refractivity contribution in [2.75, 3.05) is 5.43 Å². The summed E-state index contributed by atoms with van der Waals surface area (Å²) in [7, 11) is 0. The third kappa shape index (κ3) is 3.74. The molecule has 0 aliphatic heterocycles. The number of hydrogen-bond donors (Lipinski definition) is 3. The molecule has 100 valence electrons. The molecule has 4 N–H and O–H groups in total. The Bertz CT molecular complexity index is 427. The fourth-order valence-electron chi connectivity index (χ4n) is 2.03. The summed E-state index contributed by atoms with van der Waals surface area (Å²) in [6.07, 6.45) is 1.97. The van der Waals surface area contributed by atoms with E-state index in [9.17, 15) is 4.79 Å². The maximum absolute atomic E-state index is 12.3. The molecule has 1 aromatic rings. The molecule has 4 heteroatoms. The fourth-order valence-corrected chi connectivity index (χ4v) is 2.03. The number of nitrogen functional groups attached to an aromatic ring is 1. The van der Waals surface area contributed by atoms with Crippen molar-refractivity contribution in [2.45, 2.75) is 46.1 Å². The molecule has 0 aliphatic carbocycles. The third-order valence-electron chi connectivity index (χ3n) is 2.90. The molecule has 1 rings (SSSR count). The highest BCUT2D eigenvalue weighted by atomic mass is 16.1. The van der Waals surface area contributed by atoms with Gasteiger partial charge in [0.2, 0.25) is 0 Å². The first-order valence-electron chi connectivity index (χ1n) is 6.29. The fraction of sp³-hybridized carbons (Fsp3) is 0.500. The zero-order valence-electron chi connectivity index (χ0n) is 11.6. The number of anilines is 1. The van der Waals surface area contributed by atoms with Crippen molar-refractivity contribution in [3.63, 3.8) is 0 Å². The van der Waals surface area contributed by atoms with E-state index in [2.05, 4.69) is 17.7 Å². The van der Waals surface area contributed by atoms with Crippen LogP contribution >= 0.6 is 0 Å². The highest BCUT2D eigenvalue weighted by Crippen LogP contribution is 2.18. The van der Waals surface area contributed by atoms with E-state index in [1.807, 2.05) is 39.0 Å². The van der Waals surface area contributed by atoms with E-state index in [-0.39, 0.29) is 11.4 Å². The van der Waals surface area contributed by atoms with Crippen LogP contribution in [0.1, 0.15) is 49.5 Å². The predicted octanol–water partition coefficient (Wildman–Crippen LogP) is 2.59. The van der Waals surface area contributed by atoms with Gasteiger partial charge in [-0.25, -0.2) is 0 Å². The van der Waals surface area contributed by atoms with E-state index in [0.29, 0.717) is 11.3 Å². The Morgan fingerprint density at radius 1 is 1.39 bits per heavy atom. The van der Waals surface area contributed by atoms with Gasteiger partial charge in [0, 0.05) is 5.54 Å². The van der Waals surface area contributed by atoms with Crippen molar-refractivity contribution in [1.82, 2.24) is 5.32 Å². The van der Waals surface area contributed by atoms with Crippen LogP contribution in [0.25, 0.3) is 0 Å². The van der Waals surface area contributed by atoms with E-state index in [0.717, 1.165) is 18.4 Å². The molecule has 0 saturated carbocycles. The van der Waals surface area contributed by atoms with Gasteiger partial charge in [-0.2, -0.15) is 0 Å². The molecule has 1 aromatic carbocycles. The van der Waals surface area contributed by atoms with Crippen LogP contribution in [0.5, 0.6) is 0 Å². The molecule has 1 amide bonds. The van der Waals surface area contributed by atoms with Gasteiger partial charge in [0.15, 0.2) is 0 Å². The summed E-state index contributed by atoms with van der Waals surface area (Å²) >= 11 is 0. The number of carbonyl (C=O) groups is 1. The molecule has 0 heterocycles. The highest BCUT2D eigenvalue weighted by molar-refractivity contribution is 6.00. The standard InChI is InChI=1S/C14H23N3O/c1-5-8-14(3,4)16-13(18)11-9-10(2)6-7-12(11)17-15/h6-7,9,17H,5,8,15H2,1-4H3,(H,16,18). The molecule has 18 heavy (non-hydrogen) atoms. The van der Waals surface area contributed by atoms with Crippen molar-refractivity contribution in [2.24, 2.45) is 5.84 Å². The summed E-state index contributed by atoms with van der Waals surface area (Å²) in [6, 6.07) is 5.58. The average molecular weight is 249 g/mol. The Morgan fingerprint density at radius 3 is 2.61 bits per heavy atom. The first-order valence-corrected chi connectivity index (χ1v) is 6.29. The van der Waals surface area contributed by atoms with Gasteiger partial charge in [0.05, 0.1) is 11.3 Å². The normalized spacial score (nSPS) is 11.2. The number of amides is 1. The molecular weight excluding hydrogens is 226 g/mol. The lowest BCUT2D eigenvalue weighted by Gasteiger charge is -2.26. The van der Waals surface area contributed by atoms with Crippen molar-refractivity contribution in [1.29, 1.82) is 0 Å². The SMILES string of the molecule is CCCC(C)(C)NC(=O)c1cc(C)ccc1NN. The minimum absolute atomic E-state index is 0.0925. The van der Waals surface area contributed by atoms with Crippen molar-refractivity contribution in [3.05, 3.63) is 29.3 Å². The van der Waals surface area contributed by atoms with E-state index in [1.54, 1.807) is 0 Å². The van der Waals surface area contributed by atoms with Gasteiger partial charge >= 0.3 is 0 Å². The van der Waals surface area contributed by atoms with Gasteiger partial charge in [-0.1, -0.05) is 25.0 Å². The molecule has 0 bridgehead atoms. The van der Waals surface area contributed by atoms with Gasteiger partial charge in [-0.05, 0) is 39.3 Å². The van der Waals surface area contributed by atoms with Crippen LogP contribution in [0, 0.1) is 6.92 Å². The van der Waals surface area contributed by atoms with Crippen molar-refractivity contribution < 1.29 is 4.79 Å². The molecule has 0 fully saturated rings. The molecular formula is C14H23N3O. The lowest BCUT2D eigenvalue weighted by Crippen LogP contribution is -2.43. The number of hydrazine groups is 1. The Hall–Kier alpha value is -1.55. The zero-order chi connectivity index (χ0) is 13.8. The number of benzene rings is 1. The van der Waals surface area contributed by atoms with E-state index in [4.69, 9.17) is 5.84 Å². The summed E-state index contributed by atoms with van der Waals surface area (Å²) < 4.78 is 0. The molecule has 0 spiro atoms. The van der Waals surface area contributed by atoms with Gasteiger partial charge in [-0.15, -0.1) is 0 Å². The Labute approximate surface area is 109 Å². The van der Waals surface area contributed by atoms with Crippen LogP contribution < -0.4 is 16.6 Å². The second-order valence-corrected chi connectivity index (χ2v) is 5.28. The second-order valence-electron chi connectivity index (χ2n) is 5.28. The molecule has 0 atom stereocenters. The number of nitrogens with one attached hydrogen (secondary N) is 2. The molecule has 4 nitrogen and oxygen atoms in total. The van der Waals surface area contributed by atoms with Crippen LogP contribution in [0.4, 0.5) is 5.69 Å². The Balaban J connectivity index is 2.93. The first kappa shape index (κ1) is 14.5. The Morgan fingerprint density at radius 2 is 2.06 bits per heavy atom. The third-order valence-corrected chi connectivity index (χ3v) is 2.90. The topological polar surface area (TPSA) is 67.2 Å². The van der Waals surface area contributed by atoms with Gasteiger partial charge in [0.25, 0.3) is 5.91 Å². The molecule has 0 aromatic heterocycles. The molecule has 0 aliphatic rings. The van der Waals surface area contributed by atoms with E-state index < -0.39 is 0 Å². The van der Waals surface area contributed by atoms with Gasteiger partial charge < -0.3 is 10.7 Å². The maximum Gasteiger partial charge on any atom is 0.253 e. The molecule has 0 saturated heterocycles. The summed E-state index contributed by atoms with van der Waals surface area (Å²) in [5.74, 6) is 5.34. The summed E-state index contributed by atoms with van der Waals surface area (Å²) in [5.41, 5.74) is 4.62. The van der Waals surface area contributed by atoms with Gasteiger partial charge in [0.1, 0.15) is 0 Å². The number of nitrogens with two attached hydrogens (primary N) is 1. The molecule has 0 radical (unpaired) electrons. The van der Waals surface area contributed by atoms with Crippen LogP contribution in [0.2, 0.25) is 0 Å². The van der Waals surface area contributed by atoms with E-state index >= 15 is 0 Å². The summed E-state index contributed by atoms with van der Waals surface area (Å²) in [5, 5.41) is 3.04. The number of aryl methyl sites for hydroxylation is 1. The zero-order valence-corrected chi connectivity index (χ0v) is 11.6. The van der Waals surface area contributed by atoms with Crippen molar-refractivity contribution in [3.8, 4) is 0 Å². The molecule has 0 unspecified atom stereocenters. The smallest absolute Gasteiger partial charge is 0.253 e.